The number of carbonyl (C=O) groups excluding carboxylic acids is 3. The monoisotopic (exact) mass is 485 g/mol. The van der Waals surface area contributed by atoms with E-state index in [0.717, 1.165) is 30.6 Å². The summed E-state index contributed by atoms with van der Waals surface area (Å²) in [6, 6.07) is 6.77. The third-order valence-corrected chi connectivity index (χ3v) is 7.52. The van der Waals surface area contributed by atoms with Crippen molar-refractivity contribution in [3.63, 3.8) is 0 Å². The Morgan fingerprint density at radius 1 is 1.11 bits per heavy atom. The molecule has 1 saturated carbocycles. The van der Waals surface area contributed by atoms with Crippen molar-refractivity contribution in [1.82, 2.24) is 25.1 Å². The van der Waals surface area contributed by atoms with Gasteiger partial charge in [-0.3, -0.25) is 9.59 Å². The molecule has 1 aliphatic carbocycles. The Balaban J connectivity index is 1.52. The first-order valence-electron chi connectivity index (χ1n) is 12.9. The summed E-state index contributed by atoms with van der Waals surface area (Å²) in [6.07, 6.45) is 6.86. The normalized spacial score (nSPS) is 23.9. The summed E-state index contributed by atoms with van der Waals surface area (Å²) in [6.45, 7) is 3.52. The first-order valence-corrected chi connectivity index (χ1v) is 12.9. The van der Waals surface area contributed by atoms with E-state index in [1.165, 1.54) is 19.3 Å². The van der Waals surface area contributed by atoms with Gasteiger partial charge in [0.25, 0.3) is 0 Å². The van der Waals surface area contributed by atoms with Crippen LogP contribution in [0.15, 0.2) is 24.3 Å². The third-order valence-electron chi connectivity index (χ3n) is 7.52. The summed E-state index contributed by atoms with van der Waals surface area (Å²) in [5, 5.41) is 6.32. The van der Waals surface area contributed by atoms with Crippen molar-refractivity contribution in [3.8, 4) is 5.75 Å². The molecule has 1 unspecified atom stereocenters. The number of ether oxygens (including phenoxy) is 1. The predicted octanol–water partition coefficient (Wildman–Crippen LogP) is 2.81. The minimum Gasteiger partial charge on any atom is -0.497 e. The van der Waals surface area contributed by atoms with E-state index in [2.05, 4.69) is 5.32 Å². The molecular weight excluding hydrogens is 446 g/mol. The van der Waals surface area contributed by atoms with Crippen LogP contribution in [0.5, 0.6) is 5.75 Å². The molecular formula is C26H39N5O4. The van der Waals surface area contributed by atoms with E-state index in [1.807, 2.05) is 36.1 Å². The molecule has 1 aromatic carbocycles. The minimum absolute atomic E-state index is 0.0326. The van der Waals surface area contributed by atoms with Gasteiger partial charge in [0.1, 0.15) is 18.0 Å². The molecule has 3 fully saturated rings. The summed E-state index contributed by atoms with van der Waals surface area (Å²) in [7, 11) is 3.38. The fourth-order valence-electron chi connectivity index (χ4n) is 5.70. The summed E-state index contributed by atoms with van der Waals surface area (Å²) in [4.78, 5) is 43.6. The smallest absolute Gasteiger partial charge is 0.334 e. The molecule has 0 spiro atoms. The standard InChI is InChI=1S/C26H39N5O4/c1-4-8-22-25(33)29(16-20-9-6-5-7-10-20)17-23-30(22)24(32)18-28(2)31(23)26(34)27-15-19-11-13-21(35-3)14-12-19/h11-14,20,22-23H,4-10,15-18H2,1-3H3,(H,27,34)/t22-,23?/m0/s1. The highest BCUT2D eigenvalue weighted by molar-refractivity contribution is 5.91. The number of hydrogen-bond acceptors (Lipinski definition) is 5. The lowest BCUT2D eigenvalue weighted by Crippen LogP contribution is -2.76. The van der Waals surface area contributed by atoms with Crippen LogP contribution in [0.4, 0.5) is 4.79 Å². The summed E-state index contributed by atoms with van der Waals surface area (Å²) in [5.41, 5.74) is 0.952. The van der Waals surface area contributed by atoms with Crippen LogP contribution in [-0.4, -0.2) is 83.7 Å². The van der Waals surface area contributed by atoms with Crippen LogP contribution in [0.25, 0.3) is 0 Å². The average Bonchev–Trinajstić information content (AvgIpc) is 2.86. The van der Waals surface area contributed by atoms with E-state index < -0.39 is 12.2 Å². The molecule has 2 saturated heterocycles. The molecule has 1 aromatic rings. The number of amides is 4. The van der Waals surface area contributed by atoms with E-state index in [4.69, 9.17) is 4.74 Å². The average molecular weight is 486 g/mol. The maximum Gasteiger partial charge on any atom is 0.334 e. The lowest BCUT2D eigenvalue weighted by atomic mass is 9.88. The van der Waals surface area contributed by atoms with Crippen molar-refractivity contribution in [1.29, 1.82) is 0 Å². The number of fused-ring (bicyclic) bond motifs is 1. The molecule has 9 heteroatoms. The molecule has 9 nitrogen and oxygen atoms in total. The Hall–Kier alpha value is -2.81. The molecule has 0 radical (unpaired) electrons. The summed E-state index contributed by atoms with van der Waals surface area (Å²) < 4.78 is 5.20. The van der Waals surface area contributed by atoms with Gasteiger partial charge in [-0.15, -0.1) is 0 Å². The van der Waals surface area contributed by atoms with E-state index in [9.17, 15) is 14.4 Å². The van der Waals surface area contributed by atoms with E-state index >= 15 is 0 Å². The Kier molecular flexibility index (Phi) is 8.15. The number of nitrogens with one attached hydrogen (secondary N) is 1. The van der Waals surface area contributed by atoms with E-state index in [1.54, 1.807) is 29.1 Å². The van der Waals surface area contributed by atoms with Gasteiger partial charge in [-0.05, 0) is 42.9 Å². The van der Waals surface area contributed by atoms with Crippen LogP contribution in [0.3, 0.4) is 0 Å². The number of rotatable bonds is 7. The number of nitrogens with zero attached hydrogens (tertiary/aromatic N) is 4. The van der Waals surface area contributed by atoms with Crippen molar-refractivity contribution in [3.05, 3.63) is 29.8 Å². The van der Waals surface area contributed by atoms with Crippen molar-refractivity contribution < 1.29 is 19.1 Å². The quantitative estimate of drug-likeness (QED) is 0.642. The van der Waals surface area contributed by atoms with Crippen LogP contribution in [0, 0.1) is 5.92 Å². The zero-order valence-corrected chi connectivity index (χ0v) is 21.2. The number of likely N-dealkylation sites (N-methyl/N-ethyl adjacent to an activating group) is 1. The van der Waals surface area contributed by atoms with Gasteiger partial charge in [-0.25, -0.2) is 14.8 Å². The van der Waals surface area contributed by atoms with Crippen molar-refractivity contribution in [2.75, 3.05) is 33.8 Å². The Bertz CT molecular complexity index is 902. The molecule has 0 aromatic heterocycles. The molecule has 4 rings (SSSR count). The maximum atomic E-state index is 13.5. The number of methoxy groups -OCH3 is 1. The second kappa shape index (κ2) is 11.3. The fraction of sp³-hybridized carbons (Fsp3) is 0.654. The van der Waals surface area contributed by atoms with E-state index in [-0.39, 0.29) is 24.4 Å². The molecule has 2 heterocycles. The predicted molar refractivity (Wildman–Crippen MR) is 132 cm³/mol. The number of benzene rings is 1. The van der Waals surface area contributed by atoms with E-state index in [0.29, 0.717) is 32.0 Å². The van der Waals surface area contributed by atoms with Crippen molar-refractivity contribution in [2.45, 2.75) is 70.6 Å². The highest BCUT2D eigenvalue weighted by Gasteiger charge is 2.50. The van der Waals surface area contributed by atoms with Gasteiger partial charge in [0.15, 0.2) is 0 Å². The number of carbonyl (C=O) groups is 3. The van der Waals surface area contributed by atoms with Gasteiger partial charge in [0.05, 0.1) is 20.2 Å². The van der Waals surface area contributed by atoms with Gasteiger partial charge in [-0.2, -0.15) is 0 Å². The van der Waals surface area contributed by atoms with Gasteiger partial charge < -0.3 is 19.9 Å². The Morgan fingerprint density at radius 2 is 1.83 bits per heavy atom. The molecule has 1 N–H and O–H groups in total. The van der Waals surface area contributed by atoms with Crippen LogP contribution in [0.2, 0.25) is 0 Å². The molecule has 35 heavy (non-hydrogen) atoms. The van der Waals surface area contributed by atoms with Crippen LogP contribution in [-0.2, 0) is 16.1 Å². The van der Waals surface area contributed by atoms with Crippen LogP contribution in [0.1, 0.15) is 57.4 Å². The zero-order chi connectivity index (χ0) is 24.9. The SMILES string of the molecule is CCC[C@H]1C(=O)N(CC2CCCCC2)CC2N1C(=O)CN(C)N2C(=O)NCc1ccc(OC)cc1. The molecule has 4 amide bonds. The Labute approximate surface area is 208 Å². The van der Waals surface area contributed by atoms with Crippen LogP contribution < -0.4 is 10.1 Å². The highest BCUT2D eigenvalue weighted by Crippen LogP contribution is 2.31. The second-order valence-electron chi connectivity index (χ2n) is 10.0. The number of hydrogen-bond donors (Lipinski definition) is 1. The fourth-order valence-corrected chi connectivity index (χ4v) is 5.70. The Morgan fingerprint density at radius 3 is 2.49 bits per heavy atom. The first-order chi connectivity index (χ1) is 16.9. The van der Waals surface area contributed by atoms with Crippen LogP contribution >= 0.6 is 0 Å². The van der Waals surface area contributed by atoms with Crippen molar-refractivity contribution in [2.24, 2.45) is 5.92 Å². The first kappa shape index (κ1) is 25.3. The molecule has 3 aliphatic rings. The molecule has 2 aliphatic heterocycles. The molecule has 192 valence electrons. The topological polar surface area (TPSA) is 85.4 Å². The minimum atomic E-state index is -0.513. The van der Waals surface area contributed by atoms with Gasteiger partial charge in [0, 0.05) is 20.1 Å². The number of urea groups is 1. The largest absolute Gasteiger partial charge is 0.497 e. The summed E-state index contributed by atoms with van der Waals surface area (Å²) >= 11 is 0. The van der Waals surface area contributed by atoms with Gasteiger partial charge >= 0.3 is 6.03 Å². The van der Waals surface area contributed by atoms with Gasteiger partial charge in [0.2, 0.25) is 11.8 Å². The lowest BCUT2D eigenvalue weighted by Gasteiger charge is -2.54. The third kappa shape index (κ3) is 5.55. The number of hydrazine groups is 1. The summed E-state index contributed by atoms with van der Waals surface area (Å²) in [5.74, 6) is 1.19. The van der Waals surface area contributed by atoms with Crippen molar-refractivity contribution >= 4 is 17.8 Å². The van der Waals surface area contributed by atoms with Gasteiger partial charge in [-0.1, -0.05) is 44.7 Å². The highest BCUT2D eigenvalue weighted by atomic mass is 16.5. The zero-order valence-electron chi connectivity index (χ0n) is 21.2. The number of piperazine rings is 1. The second-order valence-corrected chi connectivity index (χ2v) is 10.0. The molecule has 0 bridgehead atoms. The lowest BCUT2D eigenvalue weighted by molar-refractivity contribution is -0.188. The molecule has 2 atom stereocenters. The maximum absolute atomic E-state index is 13.5.